The molecule has 3 atom stereocenters. The summed E-state index contributed by atoms with van der Waals surface area (Å²) in [6.45, 7) is 4.54. The summed E-state index contributed by atoms with van der Waals surface area (Å²) < 4.78 is 0. The SMILES string of the molecule is CC1CCCC(CNc2cc(N3CCCC3CO)ncn2)C1. The lowest BCUT2D eigenvalue weighted by molar-refractivity contribution is 0.266. The molecule has 2 heterocycles. The van der Waals surface area contributed by atoms with Gasteiger partial charge >= 0.3 is 0 Å². The summed E-state index contributed by atoms with van der Waals surface area (Å²) in [5.74, 6) is 3.47. The Morgan fingerprint density at radius 3 is 3.00 bits per heavy atom. The van der Waals surface area contributed by atoms with Gasteiger partial charge in [-0.1, -0.05) is 19.8 Å². The first-order valence-corrected chi connectivity index (χ1v) is 8.69. The Bertz CT molecular complexity index is 481. The number of aliphatic hydroxyl groups is 1. The minimum Gasteiger partial charge on any atom is -0.394 e. The van der Waals surface area contributed by atoms with Gasteiger partial charge in [-0.2, -0.15) is 0 Å². The molecule has 0 radical (unpaired) electrons. The molecule has 2 N–H and O–H groups in total. The third-order valence-corrected chi connectivity index (χ3v) is 5.15. The van der Waals surface area contributed by atoms with Crippen molar-refractivity contribution in [2.45, 2.75) is 51.5 Å². The van der Waals surface area contributed by atoms with E-state index in [4.69, 9.17) is 0 Å². The third-order valence-electron chi connectivity index (χ3n) is 5.15. The molecule has 1 saturated heterocycles. The lowest BCUT2D eigenvalue weighted by Crippen LogP contribution is -2.32. The Morgan fingerprint density at radius 2 is 2.18 bits per heavy atom. The van der Waals surface area contributed by atoms with Crippen LogP contribution in [0.2, 0.25) is 0 Å². The zero-order valence-electron chi connectivity index (χ0n) is 13.5. The van der Waals surface area contributed by atoms with Crippen molar-refractivity contribution in [3.05, 3.63) is 12.4 Å². The molecule has 2 fully saturated rings. The molecule has 1 saturated carbocycles. The molecule has 22 heavy (non-hydrogen) atoms. The maximum Gasteiger partial charge on any atom is 0.134 e. The first-order chi connectivity index (χ1) is 10.8. The van der Waals surface area contributed by atoms with Crippen LogP contribution >= 0.6 is 0 Å². The van der Waals surface area contributed by atoms with Gasteiger partial charge in [0.15, 0.2) is 0 Å². The number of rotatable bonds is 5. The van der Waals surface area contributed by atoms with Crippen molar-refractivity contribution < 1.29 is 5.11 Å². The van der Waals surface area contributed by atoms with E-state index in [-0.39, 0.29) is 12.6 Å². The molecular formula is C17H28N4O. The van der Waals surface area contributed by atoms with Crippen LogP contribution in [0.15, 0.2) is 12.4 Å². The lowest BCUT2D eigenvalue weighted by Gasteiger charge is -2.27. The van der Waals surface area contributed by atoms with Gasteiger partial charge in [-0.3, -0.25) is 0 Å². The summed E-state index contributed by atoms with van der Waals surface area (Å²) in [7, 11) is 0. The van der Waals surface area contributed by atoms with Gasteiger partial charge in [0.05, 0.1) is 12.6 Å². The molecule has 0 aromatic carbocycles. The Balaban J connectivity index is 1.59. The minimum absolute atomic E-state index is 0.201. The Hall–Kier alpha value is -1.36. The van der Waals surface area contributed by atoms with Crippen molar-refractivity contribution >= 4 is 11.6 Å². The Kier molecular flexibility index (Phi) is 5.13. The van der Waals surface area contributed by atoms with Crippen LogP contribution in [0.25, 0.3) is 0 Å². The van der Waals surface area contributed by atoms with Crippen molar-refractivity contribution in [1.82, 2.24) is 9.97 Å². The van der Waals surface area contributed by atoms with Crippen molar-refractivity contribution in [3.8, 4) is 0 Å². The van der Waals surface area contributed by atoms with Gasteiger partial charge in [0.25, 0.3) is 0 Å². The number of anilines is 2. The van der Waals surface area contributed by atoms with Crippen LogP contribution in [0.3, 0.4) is 0 Å². The van der Waals surface area contributed by atoms with Gasteiger partial charge < -0.3 is 15.3 Å². The van der Waals surface area contributed by atoms with E-state index in [0.29, 0.717) is 0 Å². The summed E-state index contributed by atoms with van der Waals surface area (Å²) >= 11 is 0. The fraction of sp³-hybridized carbons (Fsp3) is 0.765. The Morgan fingerprint density at radius 1 is 1.27 bits per heavy atom. The molecule has 1 aromatic heterocycles. The summed E-state index contributed by atoms with van der Waals surface area (Å²) in [6.07, 6.45) is 9.19. The van der Waals surface area contributed by atoms with Gasteiger partial charge in [0.2, 0.25) is 0 Å². The van der Waals surface area contributed by atoms with E-state index in [1.807, 2.05) is 6.07 Å². The second-order valence-electron chi connectivity index (χ2n) is 6.95. The zero-order valence-corrected chi connectivity index (χ0v) is 13.5. The fourth-order valence-corrected chi connectivity index (χ4v) is 3.92. The van der Waals surface area contributed by atoms with Gasteiger partial charge in [-0.05, 0) is 37.5 Å². The molecular weight excluding hydrogens is 276 g/mol. The highest BCUT2D eigenvalue weighted by molar-refractivity contribution is 5.49. The number of nitrogens with one attached hydrogen (secondary N) is 1. The van der Waals surface area contributed by atoms with Gasteiger partial charge in [0.1, 0.15) is 18.0 Å². The van der Waals surface area contributed by atoms with E-state index in [0.717, 1.165) is 49.4 Å². The van der Waals surface area contributed by atoms with Crippen molar-refractivity contribution in [2.24, 2.45) is 11.8 Å². The topological polar surface area (TPSA) is 61.3 Å². The van der Waals surface area contributed by atoms with Crippen molar-refractivity contribution in [2.75, 3.05) is 29.9 Å². The van der Waals surface area contributed by atoms with Gasteiger partial charge in [-0.15, -0.1) is 0 Å². The Labute approximate surface area is 133 Å². The zero-order chi connectivity index (χ0) is 15.4. The molecule has 1 aromatic rings. The van der Waals surface area contributed by atoms with E-state index in [9.17, 15) is 5.11 Å². The number of hydrogen-bond acceptors (Lipinski definition) is 5. The average molecular weight is 304 g/mol. The van der Waals surface area contributed by atoms with Crippen LogP contribution in [0.4, 0.5) is 11.6 Å². The predicted octanol–water partition coefficient (Wildman–Crippen LogP) is 2.68. The van der Waals surface area contributed by atoms with E-state index in [2.05, 4.69) is 27.1 Å². The van der Waals surface area contributed by atoms with Crippen LogP contribution in [0.5, 0.6) is 0 Å². The van der Waals surface area contributed by atoms with Crippen LogP contribution < -0.4 is 10.2 Å². The minimum atomic E-state index is 0.201. The van der Waals surface area contributed by atoms with Gasteiger partial charge in [-0.25, -0.2) is 9.97 Å². The number of aromatic nitrogens is 2. The van der Waals surface area contributed by atoms with Crippen molar-refractivity contribution in [1.29, 1.82) is 0 Å². The monoisotopic (exact) mass is 304 g/mol. The molecule has 5 nitrogen and oxygen atoms in total. The summed E-state index contributed by atoms with van der Waals surface area (Å²) in [4.78, 5) is 10.9. The summed E-state index contributed by atoms with van der Waals surface area (Å²) in [5, 5.41) is 13.0. The van der Waals surface area contributed by atoms with E-state index in [1.54, 1.807) is 6.33 Å². The van der Waals surface area contributed by atoms with E-state index < -0.39 is 0 Å². The molecule has 5 heteroatoms. The van der Waals surface area contributed by atoms with Crippen LogP contribution in [-0.2, 0) is 0 Å². The first-order valence-electron chi connectivity index (χ1n) is 8.69. The molecule has 122 valence electrons. The molecule has 3 rings (SSSR count). The first kappa shape index (κ1) is 15.5. The molecule has 3 unspecified atom stereocenters. The highest BCUT2D eigenvalue weighted by Gasteiger charge is 2.25. The van der Waals surface area contributed by atoms with Crippen LogP contribution in [0, 0.1) is 11.8 Å². The molecule has 1 aliphatic carbocycles. The van der Waals surface area contributed by atoms with Gasteiger partial charge in [0, 0.05) is 19.2 Å². The molecule has 0 amide bonds. The third kappa shape index (κ3) is 3.69. The second-order valence-corrected chi connectivity index (χ2v) is 6.95. The number of nitrogens with zero attached hydrogens (tertiary/aromatic N) is 3. The molecule has 1 aliphatic heterocycles. The summed E-state index contributed by atoms with van der Waals surface area (Å²) in [6, 6.07) is 2.24. The second kappa shape index (κ2) is 7.27. The standard InChI is InChI=1S/C17H28N4O/c1-13-4-2-5-14(8-13)10-18-16-9-17(20-12-19-16)21-7-3-6-15(21)11-22/h9,12-15,22H,2-8,10-11H2,1H3,(H,18,19,20). The highest BCUT2D eigenvalue weighted by atomic mass is 16.3. The van der Waals surface area contributed by atoms with Crippen LogP contribution in [0.1, 0.15) is 45.4 Å². The molecule has 0 bridgehead atoms. The smallest absolute Gasteiger partial charge is 0.134 e. The van der Waals surface area contributed by atoms with E-state index >= 15 is 0 Å². The molecule has 2 aliphatic rings. The van der Waals surface area contributed by atoms with Crippen molar-refractivity contribution in [3.63, 3.8) is 0 Å². The fourth-order valence-electron chi connectivity index (χ4n) is 3.92. The highest BCUT2D eigenvalue weighted by Crippen LogP contribution is 2.29. The quantitative estimate of drug-likeness (QED) is 0.876. The average Bonchev–Trinajstić information content (AvgIpc) is 3.02. The lowest BCUT2D eigenvalue weighted by atomic mass is 9.82. The number of hydrogen-bond donors (Lipinski definition) is 2. The predicted molar refractivity (Wildman–Crippen MR) is 89.1 cm³/mol. The normalized spacial score (nSPS) is 28.8. The van der Waals surface area contributed by atoms with E-state index in [1.165, 1.54) is 25.7 Å². The maximum absolute atomic E-state index is 9.46. The molecule has 0 spiro atoms. The maximum atomic E-state index is 9.46. The van der Waals surface area contributed by atoms with Crippen LogP contribution in [-0.4, -0.2) is 40.8 Å². The summed E-state index contributed by atoms with van der Waals surface area (Å²) in [5.41, 5.74) is 0. The number of aliphatic hydroxyl groups excluding tert-OH is 1. The largest absolute Gasteiger partial charge is 0.394 e.